The van der Waals surface area contributed by atoms with Crippen LogP contribution in [0.2, 0.25) is 0 Å². The van der Waals surface area contributed by atoms with Crippen molar-refractivity contribution in [2.24, 2.45) is 0 Å². The Bertz CT molecular complexity index is 227. The highest BCUT2D eigenvalue weighted by atomic mass is 19.1. The highest BCUT2D eigenvalue weighted by Gasteiger charge is 2.04. The molecule has 0 amide bonds. The Morgan fingerprint density at radius 1 is 1.78 bits per heavy atom. The fourth-order valence-corrected chi connectivity index (χ4v) is 0.586. The number of furan rings is 1. The topological polar surface area (TPSA) is 30.2 Å². The van der Waals surface area contributed by atoms with Gasteiger partial charge in [0.1, 0.15) is 5.76 Å². The van der Waals surface area contributed by atoms with E-state index in [-0.39, 0.29) is 5.56 Å². The first-order valence-electron chi connectivity index (χ1n) is 2.45. The van der Waals surface area contributed by atoms with Gasteiger partial charge in [0.15, 0.2) is 6.29 Å². The van der Waals surface area contributed by atoms with Crippen LogP contribution in [0.5, 0.6) is 0 Å². The Balaban J connectivity index is 3.15. The SMILES string of the molecule is Cc1cc(C=O)c(F)o1. The van der Waals surface area contributed by atoms with Gasteiger partial charge in [-0.3, -0.25) is 4.79 Å². The van der Waals surface area contributed by atoms with Crippen LogP contribution in [0.15, 0.2) is 10.5 Å². The van der Waals surface area contributed by atoms with Crippen molar-refractivity contribution in [3.05, 3.63) is 23.4 Å². The summed E-state index contributed by atoms with van der Waals surface area (Å²) >= 11 is 0. The molecule has 1 heterocycles. The summed E-state index contributed by atoms with van der Waals surface area (Å²) in [5.41, 5.74) is -0.0208. The normalized spacial score (nSPS) is 9.56. The summed E-state index contributed by atoms with van der Waals surface area (Å²) in [6.45, 7) is 1.58. The van der Waals surface area contributed by atoms with Gasteiger partial charge in [-0.1, -0.05) is 0 Å². The van der Waals surface area contributed by atoms with Crippen molar-refractivity contribution in [1.29, 1.82) is 0 Å². The molecule has 0 aliphatic rings. The first-order chi connectivity index (χ1) is 4.24. The second-order valence-corrected chi connectivity index (χ2v) is 1.70. The van der Waals surface area contributed by atoms with Crippen LogP contribution in [0.4, 0.5) is 4.39 Å². The Labute approximate surface area is 51.3 Å². The summed E-state index contributed by atoms with van der Waals surface area (Å²) in [6.07, 6.45) is 0.422. The lowest BCUT2D eigenvalue weighted by Gasteiger charge is -1.75. The zero-order valence-electron chi connectivity index (χ0n) is 4.85. The van der Waals surface area contributed by atoms with E-state index in [1.807, 2.05) is 0 Å². The van der Waals surface area contributed by atoms with Gasteiger partial charge in [-0.2, -0.15) is 4.39 Å². The van der Waals surface area contributed by atoms with E-state index in [9.17, 15) is 9.18 Å². The molecule has 0 spiro atoms. The number of aldehydes is 1. The van der Waals surface area contributed by atoms with Crippen LogP contribution in [0.3, 0.4) is 0 Å². The van der Waals surface area contributed by atoms with Crippen molar-refractivity contribution >= 4 is 6.29 Å². The molecular weight excluding hydrogens is 123 g/mol. The van der Waals surface area contributed by atoms with Crippen molar-refractivity contribution in [1.82, 2.24) is 0 Å². The number of hydrogen-bond acceptors (Lipinski definition) is 2. The minimum atomic E-state index is -0.803. The standard InChI is InChI=1S/C6H5FO2/c1-4-2-5(3-8)6(7)9-4/h2-3H,1H3. The van der Waals surface area contributed by atoms with Crippen molar-refractivity contribution in [2.45, 2.75) is 6.92 Å². The van der Waals surface area contributed by atoms with Crippen molar-refractivity contribution in [3.8, 4) is 0 Å². The van der Waals surface area contributed by atoms with Gasteiger partial charge in [-0.05, 0) is 13.0 Å². The average molecular weight is 128 g/mol. The average Bonchev–Trinajstić information content (AvgIpc) is 2.10. The fourth-order valence-electron chi connectivity index (χ4n) is 0.586. The Morgan fingerprint density at radius 2 is 2.44 bits per heavy atom. The fraction of sp³-hybridized carbons (Fsp3) is 0.167. The molecule has 3 heteroatoms. The molecule has 0 N–H and O–H groups in total. The zero-order valence-corrected chi connectivity index (χ0v) is 4.85. The Hall–Kier alpha value is -1.12. The van der Waals surface area contributed by atoms with Crippen LogP contribution < -0.4 is 0 Å². The van der Waals surface area contributed by atoms with Crippen LogP contribution in [0.25, 0.3) is 0 Å². The molecule has 2 nitrogen and oxygen atoms in total. The van der Waals surface area contributed by atoms with Gasteiger partial charge < -0.3 is 4.42 Å². The van der Waals surface area contributed by atoms with Gasteiger partial charge in [-0.25, -0.2) is 0 Å². The monoisotopic (exact) mass is 128 g/mol. The van der Waals surface area contributed by atoms with Gasteiger partial charge in [0.25, 0.3) is 6.01 Å². The van der Waals surface area contributed by atoms with E-state index in [0.29, 0.717) is 12.0 Å². The summed E-state index contributed by atoms with van der Waals surface area (Å²) in [6, 6.07) is 0.546. The first kappa shape index (κ1) is 6.01. The van der Waals surface area contributed by atoms with Crippen LogP contribution in [0.1, 0.15) is 16.1 Å². The first-order valence-corrected chi connectivity index (χ1v) is 2.45. The molecular formula is C6H5FO2. The van der Waals surface area contributed by atoms with Crippen LogP contribution in [0, 0.1) is 12.9 Å². The lowest BCUT2D eigenvalue weighted by Crippen LogP contribution is -1.75. The molecule has 48 valence electrons. The summed E-state index contributed by atoms with van der Waals surface area (Å²) in [7, 11) is 0. The lowest BCUT2D eigenvalue weighted by molar-refractivity contribution is 0.111. The summed E-state index contributed by atoms with van der Waals surface area (Å²) in [5.74, 6) is 0.412. The molecule has 0 aromatic carbocycles. The van der Waals surface area contributed by atoms with Gasteiger partial charge >= 0.3 is 0 Å². The van der Waals surface area contributed by atoms with Crippen LogP contribution >= 0.6 is 0 Å². The third-order valence-corrected chi connectivity index (χ3v) is 0.963. The second kappa shape index (κ2) is 2.01. The van der Waals surface area contributed by atoms with E-state index in [1.165, 1.54) is 6.07 Å². The van der Waals surface area contributed by atoms with E-state index in [1.54, 1.807) is 6.92 Å². The smallest absolute Gasteiger partial charge is 0.288 e. The number of halogens is 1. The Kier molecular flexibility index (Phi) is 1.34. The number of rotatable bonds is 1. The molecule has 1 aromatic heterocycles. The molecule has 0 aliphatic heterocycles. The molecule has 0 saturated heterocycles. The van der Waals surface area contributed by atoms with Crippen molar-refractivity contribution in [2.75, 3.05) is 0 Å². The van der Waals surface area contributed by atoms with E-state index >= 15 is 0 Å². The molecule has 0 bridgehead atoms. The summed E-state index contributed by atoms with van der Waals surface area (Å²) < 4.78 is 16.6. The maximum atomic E-state index is 12.2. The summed E-state index contributed by atoms with van der Waals surface area (Å²) in [5, 5.41) is 0. The maximum Gasteiger partial charge on any atom is 0.288 e. The number of carbonyl (C=O) groups excluding carboxylic acids is 1. The second-order valence-electron chi connectivity index (χ2n) is 1.70. The number of carbonyl (C=O) groups is 1. The largest absolute Gasteiger partial charge is 0.436 e. The number of aryl methyl sites for hydroxylation is 1. The van der Waals surface area contributed by atoms with Crippen molar-refractivity contribution < 1.29 is 13.6 Å². The molecule has 0 radical (unpaired) electrons. The van der Waals surface area contributed by atoms with Gasteiger partial charge in [-0.15, -0.1) is 0 Å². The molecule has 0 unspecified atom stereocenters. The molecule has 0 aliphatic carbocycles. The van der Waals surface area contributed by atoms with Gasteiger partial charge in [0.05, 0.1) is 5.56 Å². The van der Waals surface area contributed by atoms with Crippen LogP contribution in [-0.2, 0) is 0 Å². The van der Waals surface area contributed by atoms with E-state index in [4.69, 9.17) is 0 Å². The van der Waals surface area contributed by atoms with E-state index in [0.717, 1.165) is 0 Å². The zero-order chi connectivity index (χ0) is 6.85. The molecule has 0 fully saturated rings. The van der Waals surface area contributed by atoms with Crippen LogP contribution in [-0.4, -0.2) is 6.29 Å². The lowest BCUT2D eigenvalue weighted by atomic mass is 10.3. The highest BCUT2D eigenvalue weighted by molar-refractivity contribution is 5.74. The molecule has 1 rings (SSSR count). The summed E-state index contributed by atoms with van der Waals surface area (Å²) in [4.78, 5) is 9.94. The Morgan fingerprint density at radius 3 is 2.67 bits per heavy atom. The van der Waals surface area contributed by atoms with Gasteiger partial charge in [0.2, 0.25) is 0 Å². The van der Waals surface area contributed by atoms with E-state index in [2.05, 4.69) is 4.42 Å². The van der Waals surface area contributed by atoms with Gasteiger partial charge in [0, 0.05) is 0 Å². The molecule has 1 aromatic rings. The minimum absolute atomic E-state index is 0.0208. The predicted molar refractivity (Wildman–Crippen MR) is 28.8 cm³/mol. The highest BCUT2D eigenvalue weighted by Crippen LogP contribution is 2.09. The number of hydrogen-bond donors (Lipinski definition) is 0. The molecule has 0 atom stereocenters. The van der Waals surface area contributed by atoms with E-state index < -0.39 is 6.01 Å². The third-order valence-electron chi connectivity index (χ3n) is 0.963. The van der Waals surface area contributed by atoms with Crippen molar-refractivity contribution in [3.63, 3.8) is 0 Å². The third kappa shape index (κ3) is 0.988. The minimum Gasteiger partial charge on any atom is -0.436 e. The molecule has 0 saturated carbocycles. The maximum absolute atomic E-state index is 12.2. The quantitative estimate of drug-likeness (QED) is 0.537. The molecule has 9 heavy (non-hydrogen) atoms. The predicted octanol–water partition coefficient (Wildman–Crippen LogP) is 1.54.